The van der Waals surface area contributed by atoms with Crippen molar-refractivity contribution < 1.29 is 10.0 Å². The fraction of sp³-hybridized carbons (Fsp3) is 0. The van der Waals surface area contributed by atoms with E-state index in [1.807, 2.05) is 0 Å². The highest BCUT2D eigenvalue weighted by Gasteiger charge is 2.11. The molecular weight excluding hydrogens is 167 g/mol. The Kier molecular flexibility index (Phi) is 1.96. The van der Waals surface area contributed by atoms with Gasteiger partial charge in [-0.15, -0.1) is 0 Å². The van der Waals surface area contributed by atoms with Crippen LogP contribution in [0.2, 0.25) is 0 Å². The highest BCUT2D eigenvalue weighted by molar-refractivity contribution is 6.58. The molecule has 2 heterocycles. The molecule has 2 aromatic heterocycles. The highest BCUT2D eigenvalue weighted by atomic mass is 16.4. The molecule has 2 aromatic rings. The lowest BCUT2D eigenvalue weighted by Crippen LogP contribution is -2.29. The van der Waals surface area contributed by atoms with Gasteiger partial charge in [-0.25, -0.2) is 0 Å². The summed E-state index contributed by atoms with van der Waals surface area (Å²) in [5.41, 5.74) is 1.13. The third-order valence-electron chi connectivity index (χ3n) is 1.81. The zero-order chi connectivity index (χ0) is 9.26. The number of nitrogens with zero attached hydrogens (tertiary/aromatic N) is 2. The van der Waals surface area contributed by atoms with Crippen LogP contribution in [0.25, 0.3) is 10.9 Å². The summed E-state index contributed by atoms with van der Waals surface area (Å²) in [7, 11) is -1.47. The number of fused-ring (bicyclic) bond motifs is 1. The Morgan fingerprint density at radius 3 is 2.85 bits per heavy atom. The summed E-state index contributed by atoms with van der Waals surface area (Å²) in [5.74, 6) is 0. The summed E-state index contributed by atoms with van der Waals surface area (Å²) < 4.78 is 0. The summed E-state index contributed by atoms with van der Waals surface area (Å²) in [6.45, 7) is 0. The molecule has 13 heavy (non-hydrogen) atoms. The van der Waals surface area contributed by atoms with E-state index in [-0.39, 0.29) is 0 Å². The molecule has 0 spiro atoms. The quantitative estimate of drug-likeness (QED) is 0.561. The normalized spacial score (nSPS) is 10.3. The standard InChI is InChI=1S/C8H7BN2O2/c12-9(13)7-3-6-1-2-10-5-8(6)11-4-7/h1-5,12-13H. The Morgan fingerprint density at radius 1 is 1.23 bits per heavy atom. The minimum atomic E-state index is -1.47. The highest BCUT2D eigenvalue weighted by Crippen LogP contribution is 2.05. The number of pyridine rings is 2. The lowest BCUT2D eigenvalue weighted by Gasteiger charge is -2.00. The summed E-state index contributed by atoms with van der Waals surface area (Å²) >= 11 is 0. The maximum atomic E-state index is 8.88. The summed E-state index contributed by atoms with van der Waals surface area (Å²) in [4.78, 5) is 7.92. The van der Waals surface area contributed by atoms with Crippen molar-refractivity contribution in [3.05, 3.63) is 30.7 Å². The van der Waals surface area contributed by atoms with Gasteiger partial charge in [0.2, 0.25) is 0 Å². The van der Waals surface area contributed by atoms with E-state index in [1.54, 1.807) is 24.5 Å². The van der Waals surface area contributed by atoms with Crippen LogP contribution in [0.15, 0.2) is 30.7 Å². The molecule has 0 unspecified atom stereocenters. The molecule has 64 valence electrons. The molecular formula is C8H7BN2O2. The minimum absolute atomic E-state index is 0.388. The average molecular weight is 174 g/mol. The number of hydrogen-bond acceptors (Lipinski definition) is 4. The van der Waals surface area contributed by atoms with E-state index in [0.717, 1.165) is 10.9 Å². The van der Waals surface area contributed by atoms with Gasteiger partial charge in [-0.2, -0.15) is 0 Å². The van der Waals surface area contributed by atoms with Crippen molar-refractivity contribution in [1.82, 2.24) is 9.97 Å². The molecule has 2 N–H and O–H groups in total. The minimum Gasteiger partial charge on any atom is -0.423 e. The lowest BCUT2D eigenvalue weighted by atomic mass is 9.81. The van der Waals surface area contributed by atoms with Crippen LogP contribution in [0.5, 0.6) is 0 Å². The Bertz CT molecular complexity index is 433. The van der Waals surface area contributed by atoms with E-state index in [0.29, 0.717) is 5.46 Å². The molecule has 5 heteroatoms. The summed E-state index contributed by atoms with van der Waals surface area (Å²) in [6.07, 6.45) is 4.69. The molecule has 0 aliphatic rings. The van der Waals surface area contributed by atoms with Crippen LogP contribution in [0, 0.1) is 0 Å². The van der Waals surface area contributed by atoms with Crippen LogP contribution < -0.4 is 5.46 Å². The second-order valence-corrected chi connectivity index (χ2v) is 2.71. The molecule has 0 atom stereocenters. The summed E-state index contributed by atoms with van der Waals surface area (Å²) in [6, 6.07) is 3.45. The van der Waals surface area contributed by atoms with E-state index in [2.05, 4.69) is 9.97 Å². The predicted molar refractivity (Wildman–Crippen MR) is 49.4 cm³/mol. The molecule has 4 nitrogen and oxygen atoms in total. The Hall–Kier alpha value is -1.46. The maximum absolute atomic E-state index is 8.88. The zero-order valence-electron chi connectivity index (χ0n) is 6.75. The van der Waals surface area contributed by atoms with Crippen molar-refractivity contribution in [2.75, 3.05) is 0 Å². The second-order valence-electron chi connectivity index (χ2n) is 2.71. The van der Waals surface area contributed by atoms with Crippen LogP contribution >= 0.6 is 0 Å². The van der Waals surface area contributed by atoms with Crippen molar-refractivity contribution in [2.24, 2.45) is 0 Å². The van der Waals surface area contributed by atoms with Gasteiger partial charge < -0.3 is 10.0 Å². The van der Waals surface area contributed by atoms with E-state index in [9.17, 15) is 0 Å². The van der Waals surface area contributed by atoms with Crippen LogP contribution in [0.4, 0.5) is 0 Å². The maximum Gasteiger partial charge on any atom is 0.490 e. The fourth-order valence-corrected chi connectivity index (χ4v) is 1.13. The molecule has 0 saturated carbocycles. The first-order chi connectivity index (χ1) is 6.27. The van der Waals surface area contributed by atoms with Gasteiger partial charge in [0, 0.05) is 23.2 Å². The molecule has 0 aromatic carbocycles. The van der Waals surface area contributed by atoms with Crippen molar-refractivity contribution in [2.45, 2.75) is 0 Å². The van der Waals surface area contributed by atoms with E-state index in [1.165, 1.54) is 6.20 Å². The van der Waals surface area contributed by atoms with Gasteiger partial charge in [-0.05, 0) is 6.07 Å². The first kappa shape index (κ1) is 8.16. The first-order valence-corrected chi connectivity index (χ1v) is 3.83. The predicted octanol–water partition coefficient (Wildman–Crippen LogP) is -0.690. The van der Waals surface area contributed by atoms with Gasteiger partial charge in [-0.3, -0.25) is 9.97 Å². The van der Waals surface area contributed by atoms with Crippen molar-refractivity contribution in [3.63, 3.8) is 0 Å². The zero-order valence-corrected chi connectivity index (χ0v) is 6.75. The number of hydrogen-bond donors (Lipinski definition) is 2. The largest absolute Gasteiger partial charge is 0.490 e. The second kappa shape index (κ2) is 3.12. The van der Waals surface area contributed by atoms with Gasteiger partial charge in [0.15, 0.2) is 0 Å². The Balaban J connectivity index is 2.62. The van der Waals surface area contributed by atoms with Crippen LogP contribution in [0.1, 0.15) is 0 Å². The topological polar surface area (TPSA) is 66.2 Å². The van der Waals surface area contributed by atoms with Gasteiger partial charge in [0.1, 0.15) is 0 Å². The first-order valence-electron chi connectivity index (χ1n) is 3.83. The lowest BCUT2D eigenvalue weighted by molar-refractivity contribution is 0.425. The average Bonchev–Trinajstić information content (AvgIpc) is 2.17. The van der Waals surface area contributed by atoms with Crippen LogP contribution in [0.3, 0.4) is 0 Å². The molecule has 0 bridgehead atoms. The molecule has 0 aliphatic carbocycles. The smallest absolute Gasteiger partial charge is 0.423 e. The van der Waals surface area contributed by atoms with Crippen molar-refractivity contribution in [1.29, 1.82) is 0 Å². The van der Waals surface area contributed by atoms with Crippen molar-refractivity contribution >= 4 is 23.5 Å². The Morgan fingerprint density at radius 2 is 2.08 bits per heavy atom. The van der Waals surface area contributed by atoms with Gasteiger partial charge >= 0.3 is 7.12 Å². The molecule has 0 saturated heterocycles. The van der Waals surface area contributed by atoms with Crippen LogP contribution in [-0.4, -0.2) is 27.1 Å². The van der Waals surface area contributed by atoms with Gasteiger partial charge in [0.25, 0.3) is 0 Å². The number of aromatic nitrogens is 2. The van der Waals surface area contributed by atoms with E-state index in [4.69, 9.17) is 10.0 Å². The molecule has 0 aliphatic heterocycles. The number of rotatable bonds is 1. The van der Waals surface area contributed by atoms with Crippen LogP contribution in [-0.2, 0) is 0 Å². The molecule has 0 amide bonds. The fourth-order valence-electron chi connectivity index (χ4n) is 1.13. The third-order valence-corrected chi connectivity index (χ3v) is 1.81. The van der Waals surface area contributed by atoms with Gasteiger partial charge in [-0.1, -0.05) is 6.07 Å². The third kappa shape index (κ3) is 1.51. The van der Waals surface area contributed by atoms with Crippen molar-refractivity contribution in [3.8, 4) is 0 Å². The van der Waals surface area contributed by atoms with Gasteiger partial charge in [0.05, 0.1) is 11.7 Å². The summed E-state index contributed by atoms with van der Waals surface area (Å²) in [5, 5.41) is 18.6. The molecule has 2 rings (SSSR count). The van der Waals surface area contributed by atoms with E-state index >= 15 is 0 Å². The SMILES string of the molecule is OB(O)c1cnc2cnccc2c1. The molecule has 0 radical (unpaired) electrons. The monoisotopic (exact) mass is 174 g/mol. The van der Waals surface area contributed by atoms with E-state index < -0.39 is 7.12 Å². The Labute approximate surface area is 75.0 Å². The molecule has 0 fully saturated rings.